The van der Waals surface area contributed by atoms with Crippen molar-refractivity contribution < 1.29 is 54.4 Å². The number of aliphatic hydroxyl groups excluding tert-OH is 2. The molecule has 3 aromatic carbocycles. The molecule has 210 valence electrons. The summed E-state index contributed by atoms with van der Waals surface area (Å²) in [5.41, 5.74) is 2.03. The van der Waals surface area contributed by atoms with E-state index in [1.807, 2.05) is 6.92 Å². The van der Waals surface area contributed by atoms with Gasteiger partial charge in [0.25, 0.3) is 0 Å². The fourth-order valence-electron chi connectivity index (χ4n) is 3.68. The normalized spacial score (nSPS) is 12.8. The van der Waals surface area contributed by atoms with Gasteiger partial charge in [-0.2, -0.15) is 0 Å². The number of hydrogen-bond acceptors (Lipinski definition) is 9. The van der Waals surface area contributed by atoms with E-state index in [1.165, 1.54) is 45.4 Å². The summed E-state index contributed by atoms with van der Waals surface area (Å²) in [6, 6.07) is 14.0. The van der Waals surface area contributed by atoms with Crippen LogP contribution in [0.3, 0.4) is 0 Å². The zero-order chi connectivity index (χ0) is 29.3. The number of methoxy groups -OCH3 is 2. The van der Waals surface area contributed by atoms with Crippen molar-refractivity contribution in [2.24, 2.45) is 0 Å². The van der Waals surface area contributed by atoms with E-state index < -0.39 is 36.7 Å². The standard InChI is InChI=1S/C25H26O8.C3H6O3/c1-14-4-7-18(27)17(10-14)24(15-5-8-19(28)21(11-15)31-2)23(13-26)33-20-9-6-16(25(29)30)12-22(20)32-3;1-2(4)3(5)6/h4-12,23-24,26-28H,13H2,1-3H3,(H,29,30);2,4H,1H3,(H,5,6). The number of benzene rings is 3. The molecule has 0 fully saturated rings. The summed E-state index contributed by atoms with van der Waals surface area (Å²) in [5, 5.41) is 56.0. The molecule has 0 aliphatic rings. The van der Waals surface area contributed by atoms with Crippen molar-refractivity contribution in [3.8, 4) is 28.7 Å². The summed E-state index contributed by atoms with van der Waals surface area (Å²) in [5.74, 6) is -2.38. The van der Waals surface area contributed by atoms with Crippen LogP contribution in [-0.2, 0) is 4.79 Å². The van der Waals surface area contributed by atoms with E-state index in [0.29, 0.717) is 11.1 Å². The van der Waals surface area contributed by atoms with Crippen LogP contribution < -0.4 is 14.2 Å². The van der Waals surface area contributed by atoms with Crippen molar-refractivity contribution in [2.45, 2.75) is 32.0 Å². The highest BCUT2D eigenvalue weighted by atomic mass is 16.5. The average Bonchev–Trinajstić information content (AvgIpc) is 2.91. The summed E-state index contributed by atoms with van der Waals surface area (Å²) in [6.07, 6.45) is -2.14. The molecule has 0 heterocycles. The van der Waals surface area contributed by atoms with Gasteiger partial charge in [-0.1, -0.05) is 23.8 Å². The molecule has 0 aliphatic carbocycles. The highest BCUT2D eigenvalue weighted by Gasteiger charge is 2.30. The molecule has 0 spiro atoms. The maximum atomic E-state index is 11.3. The van der Waals surface area contributed by atoms with Crippen LogP contribution in [-0.4, -0.2) is 75.6 Å². The molecule has 0 aliphatic heterocycles. The first kappa shape index (κ1) is 30.7. The van der Waals surface area contributed by atoms with Crippen molar-refractivity contribution in [1.29, 1.82) is 0 Å². The van der Waals surface area contributed by atoms with Gasteiger partial charge in [-0.3, -0.25) is 0 Å². The van der Waals surface area contributed by atoms with Gasteiger partial charge in [0.1, 0.15) is 18.0 Å². The number of aliphatic carboxylic acids is 1. The number of rotatable bonds is 10. The fraction of sp³-hybridized carbons (Fsp3) is 0.286. The molecule has 3 atom stereocenters. The SMILES string of the molecule is CC(O)C(=O)O.COc1cc(C(c2cc(C)ccc2O)C(CO)Oc2ccc(C(=O)O)cc2OC)ccc1O. The second kappa shape index (κ2) is 13.9. The minimum absolute atomic E-state index is 0.00730. The number of aliphatic hydroxyl groups is 2. The highest BCUT2D eigenvalue weighted by Crippen LogP contribution is 2.40. The van der Waals surface area contributed by atoms with E-state index in [-0.39, 0.29) is 34.3 Å². The highest BCUT2D eigenvalue weighted by molar-refractivity contribution is 5.88. The average molecular weight is 545 g/mol. The molecule has 3 aromatic rings. The molecule has 0 saturated carbocycles. The van der Waals surface area contributed by atoms with Crippen molar-refractivity contribution in [2.75, 3.05) is 20.8 Å². The predicted molar refractivity (Wildman–Crippen MR) is 140 cm³/mol. The van der Waals surface area contributed by atoms with E-state index in [1.54, 1.807) is 30.3 Å². The second-order valence-electron chi connectivity index (χ2n) is 8.50. The number of phenols is 2. The Balaban J connectivity index is 0.000000798. The van der Waals surface area contributed by atoms with Crippen LogP contribution in [0.4, 0.5) is 0 Å². The number of ether oxygens (including phenoxy) is 3. The van der Waals surface area contributed by atoms with Gasteiger partial charge in [-0.15, -0.1) is 0 Å². The third kappa shape index (κ3) is 8.00. The molecular weight excluding hydrogens is 512 g/mol. The van der Waals surface area contributed by atoms with Gasteiger partial charge < -0.3 is 44.8 Å². The van der Waals surface area contributed by atoms with E-state index >= 15 is 0 Å². The molecule has 0 saturated heterocycles. The van der Waals surface area contributed by atoms with Crippen LogP contribution >= 0.6 is 0 Å². The Hall–Kier alpha value is -4.48. The van der Waals surface area contributed by atoms with Gasteiger partial charge in [-0.25, -0.2) is 9.59 Å². The Labute approximate surface area is 225 Å². The van der Waals surface area contributed by atoms with E-state index in [9.17, 15) is 30.0 Å². The monoisotopic (exact) mass is 544 g/mol. The first-order valence-electron chi connectivity index (χ1n) is 11.7. The van der Waals surface area contributed by atoms with E-state index in [4.69, 9.17) is 24.4 Å². The van der Waals surface area contributed by atoms with Gasteiger partial charge in [-0.05, 0) is 55.8 Å². The summed E-state index contributed by atoms with van der Waals surface area (Å²) in [4.78, 5) is 20.7. The van der Waals surface area contributed by atoms with Crippen molar-refractivity contribution in [3.63, 3.8) is 0 Å². The molecular formula is C28H32O11. The molecule has 0 amide bonds. The second-order valence-corrected chi connectivity index (χ2v) is 8.50. The Kier molecular flexibility index (Phi) is 10.9. The fourth-order valence-corrected chi connectivity index (χ4v) is 3.68. The molecule has 11 nitrogen and oxygen atoms in total. The minimum Gasteiger partial charge on any atom is -0.508 e. The van der Waals surface area contributed by atoms with Gasteiger partial charge in [0.2, 0.25) is 0 Å². The first-order chi connectivity index (χ1) is 18.4. The number of phenolic OH excluding ortho intramolecular Hbond substituents is 2. The van der Waals surface area contributed by atoms with E-state index in [0.717, 1.165) is 5.56 Å². The number of carbonyl (C=O) groups is 2. The van der Waals surface area contributed by atoms with Crippen LogP contribution in [0.1, 0.15) is 39.9 Å². The van der Waals surface area contributed by atoms with Crippen LogP contribution in [0.15, 0.2) is 54.6 Å². The van der Waals surface area contributed by atoms with Crippen molar-refractivity contribution in [3.05, 3.63) is 76.9 Å². The quantitative estimate of drug-likeness (QED) is 0.220. The Morgan fingerprint density at radius 2 is 1.46 bits per heavy atom. The predicted octanol–water partition coefficient (Wildman–Crippen LogP) is 3.15. The number of hydrogen-bond donors (Lipinski definition) is 6. The summed E-state index contributed by atoms with van der Waals surface area (Å²) in [7, 11) is 2.81. The summed E-state index contributed by atoms with van der Waals surface area (Å²) >= 11 is 0. The number of aromatic hydroxyl groups is 2. The largest absolute Gasteiger partial charge is 0.508 e. The molecule has 6 N–H and O–H groups in total. The lowest BCUT2D eigenvalue weighted by atomic mass is 9.85. The Bertz CT molecular complexity index is 1290. The molecule has 11 heteroatoms. The molecule has 0 aromatic heterocycles. The Morgan fingerprint density at radius 1 is 0.846 bits per heavy atom. The van der Waals surface area contributed by atoms with Crippen molar-refractivity contribution >= 4 is 11.9 Å². The zero-order valence-corrected chi connectivity index (χ0v) is 21.9. The van der Waals surface area contributed by atoms with Crippen LogP contribution in [0.2, 0.25) is 0 Å². The molecule has 0 bridgehead atoms. The van der Waals surface area contributed by atoms with Gasteiger partial charge in [0.05, 0.1) is 32.3 Å². The van der Waals surface area contributed by atoms with Gasteiger partial charge in [0, 0.05) is 5.56 Å². The van der Waals surface area contributed by atoms with Crippen LogP contribution in [0, 0.1) is 6.92 Å². The van der Waals surface area contributed by atoms with Crippen LogP contribution in [0.25, 0.3) is 0 Å². The lowest BCUT2D eigenvalue weighted by molar-refractivity contribution is -0.145. The molecule has 0 radical (unpaired) electrons. The molecule has 3 unspecified atom stereocenters. The number of carboxylic acids is 2. The first-order valence-corrected chi connectivity index (χ1v) is 11.7. The maximum Gasteiger partial charge on any atom is 0.335 e. The summed E-state index contributed by atoms with van der Waals surface area (Å²) < 4.78 is 16.6. The lowest BCUT2D eigenvalue weighted by Gasteiger charge is -2.29. The Morgan fingerprint density at radius 3 is 2.00 bits per heavy atom. The smallest absolute Gasteiger partial charge is 0.335 e. The third-order valence-corrected chi connectivity index (χ3v) is 5.68. The minimum atomic E-state index is -1.23. The topological polar surface area (TPSA) is 183 Å². The molecule has 3 rings (SSSR count). The number of aromatic carboxylic acids is 1. The van der Waals surface area contributed by atoms with Gasteiger partial charge >= 0.3 is 11.9 Å². The van der Waals surface area contributed by atoms with Crippen molar-refractivity contribution in [1.82, 2.24) is 0 Å². The third-order valence-electron chi connectivity index (χ3n) is 5.68. The van der Waals surface area contributed by atoms with E-state index in [2.05, 4.69) is 0 Å². The zero-order valence-electron chi connectivity index (χ0n) is 21.9. The molecule has 39 heavy (non-hydrogen) atoms. The maximum absolute atomic E-state index is 11.3. The lowest BCUT2D eigenvalue weighted by Crippen LogP contribution is -2.30. The van der Waals surface area contributed by atoms with Gasteiger partial charge in [0.15, 0.2) is 23.0 Å². The van der Waals surface area contributed by atoms with Crippen LogP contribution in [0.5, 0.6) is 28.7 Å². The summed E-state index contributed by atoms with van der Waals surface area (Å²) in [6.45, 7) is 2.63. The number of carboxylic acid groups (broad SMARTS) is 2. The number of aryl methyl sites for hydroxylation is 1.